The van der Waals surface area contributed by atoms with Gasteiger partial charge in [0.15, 0.2) is 0 Å². The number of carboxylic acid groups (broad SMARTS) is 1. The molecule has 5 heteroatoms. The molecule has 0 aliphatic carbocycles. The third-order valence-electron chi connectivity index (χ3n) is 1.88. The highest BCUT2D eigenvalue weighted by Gasteiger charge is 2.19. The molecule has 0 spiro atoms. The van der Waals surface area contributed by atoms with Gasteiger partial charge in [-0.1, -0.05) is 0 Å². The minimum atomic E-state index is -1.12. The van der Waals surface area contributed by atoms with E-state index in [0.29, 0.717) is 6.54 Å². The standard InChI is InChI=1S/C9H12N2O3/c1-6(9(13)14)8(12)11-5-7-3-2-4-10-7/h2-4,6,10H,5H2,1H3,(H,11,12)(H,13,14). The molecule has 0 bridgehead atoms. The molecule has 0 radical (unpaired) electrons. The zero-order chi connectivity index (χ0) is 10.6. The Morgan fingerprint density at radius 1 is 1.64 bits per heavy atom. The molecule has 76 valence electrons. The Balaban J connectivity index is 2.39. The van der Waals surface area contributed by atoms with Crippen LogP contribution in [0.15, 0.2) is 18.3 Å². The molecular formula is C9H12N2O3. The van der Waals surface area contributed by atoms with Crippen LogP contribution in [0.3, 0.4) is 0 Å². The van der Waals surface area contributed by atoms with E-state index in [1.807, 2.05) is 12.1 Å². The summed E-state index contributed by atoms with van der Waals surface area (Å²) in [6, 6.07) is 3.62. The van der Waals surface area contributed by atoms with Gasteiger partial charge in [0.1, 0.15) is 5.92 Å². The van der Waals surface area contributed by atoms with Crippen molar-refractivity contribution >= 4 is 11.9 Å². The fourth-order valence-corrected chi connectivity index (χ4v) is 0.925. The number of nitrogens with one attached hydrogen (secondary N) is 2. The number of aromatic amines is 1. The molecular weight excluding hydrogens is 184 g/mol. The lowest BCUT2D eigenvalue weighted by Crippen LogP contribution is -2.33. The lowest BCUT2D eigenvalue weighted by molar-refractivity contribution is -0.146. The van der Waals surface area contributed by atoms with Crippen molar-refractivity contribution in [2.45, 2.75) is 13.5 Å². The molecule has 1 unspecified atom stereocenters. The highest BCUT2D eigenvalue weighted by molar-refractivity contribution is 5.96. The number of H-pyrrole nitrogens is 1. The fraction of sp³-hybridized carbons (Fsp3) is 0.333. The highest BCUT2D eigenvalue weighted by atomic mass is 16.4. The van der Waals surface area contributed by atoms with Gasteiger partial charge in [0.05, 0.1) is 6.54 Å². The van der Waals surface area contributed by atoms with Crippen molar-refractivity contribution in [1.82, 2.24) is 10.3 Å². The molecule has 1 atom stereocenters. The monoisotopic (exact) mass is 196 g/mol. The zero-order valence-electron chi connectivity index (χ0n) is 7.78. The van der Waals surface area contributed by atoms with Gasteiger partial charge in [-0.3, -0.25) is 9.59 Å². The predicted molar refractivity (Wildman–Crippen MR) is 49.4 cm³/mol. The maximum atomic E-state index is 11.2. The second-order valence-corrected chi connectivity index (χ2v) is 2.97. The lowest BCUT2D eigenvalue weighted by Gasteiger charge is -2.06. The van der Waals surface area contributed by atoms with Crippen LogP contribution in [0.5, 0.6) is 0 Å². The number of hydrogen-bond donors (Lipinski definition) is 3. The summed E-state index contributed by atoms with van der Waals surface area (Å²) in [7, 11) is 0. The molecule has 0 fully saturated rings. The molecule has 5 nitrogen and oxygen atoms in total. The molecule has 1 rings (SSSR count). The first-order valence-corrected chi connectivity index (χ1v) is 4.24. The predicted octanol–water partition coefficient (Wildman–Crippen LogP) is 0.352. The maximum Gasteiger partial charge on any atom is 0.315 e. The Kier molecular flexibility index (Phi) is 3.28. The fourth-order valence-electron chi connectivity index (χ4n) is 0.925. The van der Waals surface area contributed by atoms with E-state index in [1.165, 1.54) is 6.92 Å². The van der Waals surface area contributed by atoms with Crippen molar-refractivity contribution in [3.63, 3.8) is 0 Å². The highest BCUT2D eigenvalue weighted by Crippen LogP contribution is 1.97. The summed E-state index contributed by atoms with van der Waals surface area (Å²) in [6.45, 7) is 1.68. The van der Waals surface area contributed by atoms with Crippen LogP contribution in [0, 0.1) is 5.92 Å². The van der Waals surface area contributed by atoms with Gasteiger partial charge in [0.25, 0.3) is 0 Å². The van der Waals surface area contributed by atoms with Crippen LogP contribution >= 0.6 is 0 Å². The molecule has 1 heterocycles. The first-order valence-electron chi connectivity index (χ1n) is 4.24. The number of carbonyl (C=O) groups excluding carboxylic acids is 1. The smallest absolute Gasteiger partial charge is 0.315 e. The number of hydrogen-bond acceptors (Lipinski definition) is 2. The van der Waals surface area contributed by atoms with Crippen molar-refractivity contribution in [1.29, 1.82) is 0 Å². The molecule has 0 saturated carbocycles. The normalized spacial score (nSPS) is 12.1. The number of carboxylic acids is 1. The summed E-state index contributed by atoms with van der Waals surface area (Å²) < 4.78 is 0. The van der Waals surface area contributed by atoms with Gasteiger partial charge in [0, 0.05) is 11.9 Å². The molecule has 0 aliphatic heterocycles. The Hall–Kier alpha value is -1.78. The van der Waals surface area contributed by atoms with E-state index in [4.69, 9.17) is 5.11 Å². The summed E-state index contributed by atoms with van der Waals surface area (Å²) >= 11 is 0. The van der Waals surface area contributed by atoms with E-state index in [2.05, 4.69) is 10.3 Å². The van der Waals surface area contributed by atoms with E-state index in [9.17, 15) is 9.59 Å². The Labute approximate surface area is 81.1 Å². The van der Waals surface area contributed by atoms with Crippen LogP contribution in [0.4, 0.5) is 0 Å². The second-order valence-electron chi connectivity index (χ2n) is 2.97. The van der Waals surface area contributed by atoms with Crippen LogP contribution in [0.25, 0.3) is 0 Å². The SMILES string of the molecule is CC(C(=O)O)C(=O)NCc1ccc[nH]1. The number of carbonyl (C=O) groups is 2. The van der Waals surface area contributed by atoms with E-state index in [1.54, 1.807) is 6.20 Å². The number of aliphatic carboxylic acids is 1. The average Bonchev–Trinajstić information content (AvgIpc) is 2.65. The molecule has 0 aliphatic rings. The van der Waals surface area contributed by atoms with Gasteiger partial charge in [0.2, 0.25) is 5.91 Å². The zero-order valence-corrected chi connectivity index (χ0v) is 7.78. The molecule has 14 heavy (non-hydrogen) atoms. The van der Waals surface area contributed by atoms with Crippen molar-refractivity contribution < 1.29 is 14.7 Å². The number of amides is 1. The summed E-state index contributed by atoms with van der Waals surface area (Å²) in [5.41, 5.74) is 0.843. The van der Waals surface area contributed by atoms with Gasteiger partial charge >= 0.3 is 5.97 Å². The summed E-state index contributed by atoms with van der Waals surface area (Å²) in [5, 5.41) is 11.1. The third kappa shape index (κ3) is 2.62. The quantitative estimate of drug-likeness (QED) is 0.608. The van der Waals surface area contributed by atoms with E-state index in [-0.39, 0.29) is 0 Å². The first-order chi connectivity index (χ1) is 6.61. The van der Waals surface area contributed by atoms with Gasteiger partial charge in [-0.15, -0.1) is 0 Å². The maximum absolute atomic E-state index is 11.2. The molecule has 0 aromatic carbocycles. The summed E-state index contributed by atoms with van der Waals surface area (Å²) in [6.07, 6.45) is 1.74. The largest absolute Gasteiger partial charge is 0.481 e. The molecule has 1 aromatic rings. The minimum Gasteiger partial charge on any atom is -0.481 e. The van der Waals surface area contributed by atoms with Crippen molar-refractivity contribution in [3.8, 4) is 0 Å². The van der Waals surface area contributed by atoms with E-state index < -0.39 is 17.8 Å². The first kappa shape index (κ1) is 10.3. The van der Waals surface area contributed by atoms with E-state index in [0.717, 1.165) is 5.69 Å². The number of rotatable bonds is 4. The molecule has 0 saturated heterocycles. The van der Waals surface area contributed by atoms with Gasteiger partial charge in [-0.25, -0.2) is 0 Å². The van der Waals surface area contributed by atoms with E-state index >= 15 is 0 Å². The molecule has 1 amide bonds. The topological polar surface area (TPSA) is 82.2 Å². The number of aromatic nitrogens is 1. The molecule has 1 aromatic heterocycles. The Morgan fingerprint density at radius 2 is 2.36 bits per heavy atom. The van der Waals surface area contributed by atoms with Crippen LogP contribution in [-0.4, -0.2) is 22.0 Å². The van der Waals surface area contributed by atoms with Gasteiger partial charge < -0.3 is 15.4 Å². The van der Waals surface area contributed by atoms with Crippen LogP contribution in [0.2, 0.25) is 0 Å². The van der Waals surface area contributed by atoms with Crippen molar-refractivity contribution in [2.24, 2.45) is 5.92 Å². The summed E-state index contributed by atoms with van der Waals surface area (Å²) in [5.74, 6) is -2.61. The Morgan fingerprint density at radius 3 is 2.86 bits per heavy atom. The van der Waals surface area contributed by atoms with Crippen LogP contribution in [-0.2, 0) is 16.1 Å². The third-order valence-corrected chi connectivity index (χ3v) is 1.88. The van der Waals surface area contributed by atoms with Gasteiger partial charge in [-0.2, -0.15) is 0 Å². The van der Waals surface area contributed by atoms with Crippen LogP contribution in [0.1, 0.15) is 12.6 Å². The molecule has 3 N–H and O–H groups in total. The lowest BCUT2D eigenvalue weighted by atomic mass is 10.2. The van der Waals surface area contributed by atoms with Crippen LogP contribution < -0.4 is 5.32 Å². The summed E-state index contributed by atoms with van der Waals surface area (Å²) in [4.78, 5) is 24.5. The second kappa shape index (κ2) is 4.45. The Bertz CT molecular complexity index is 319. The average molecular weight is 196 g/mol. The van der Waals surface area contributed by atoms with Crippen molar-refractivity contribution in [2.75, 3.05) is 0 Å². The van der Waals surface area contributed by atoms with Crippen molar-refractivity contribution in [3.05, 3.63) is 24.0 Å². The minimum absolute atomic E-state index is 0.323. The van der Waals surface area contributed by atoms with Gasteiger partial charge in [-0.05, 0) is 19.1 Å².